The molecule has 0 bridgehead atoms. The van der Waals surface area contributed by atoms with Crippen molar-refractivity contribution in [1.29, 1.82) is 0 Å². The molecule has 1 aliphatic rings. The lowest BCUT2D eigenvalue weighted by Gasteiger charge is -2.12. The number of rotatable bonds is 3. The number of amides is 1. The van der Waals surface area contributed by atoms with Crippen molar-refractivity contribution < 1.29 is 9.18 Å². The van der Waals surface area contributed by atoms with Crippen LogP contribution in [0.4, 0.5) is 10.2 Å². The van der Waals surface area contributed by atoms with E-state index in [0.717, 1.165) is 25.7 Å². The van der Waals surface area contributed by atoms with Gasteiger partial charge in [0.15, 0.2) is 11.6 Å². The van der Waals surface area contributed by atoms with Crippen LogP contribution in [0.3, 0.4) is 0 Å². The fourth-order valence-corrected chi connectivity index (χ4v) is 2.05. The summed E-state index contributed by atoms with van der Waals surface area (Å²) in [5.74, 6) is 3.85. The first-order chi connectivity index (χ1) is 8.22. The predicted molar refractivity (Wildman–Crippen MR) is 61.7 cm³/mol. The Labute approximate surface area is 98.6 Å². The number of hydrogen-bond donors (Lipinski definition) is 3. The predicted octanol–water partition coefficient (Wildman–Crippen LogP) is 1.18. The third-order valence-electron chi connectivity index (χ3n) is 2.96. The molecule has 17 heavy (non-hydrogen) atoms. The van der Waals surface area contributed by atoms with Crippen LogP contribution in [0.25, 0.3) is 0 Å². The lowest BCUT2D eigenvalue weighted by atomic mass is 10.2. The molecule has 1 heterocycles. The molecule has 1 aromatic rings. The topological polar surface area (TPSA) is 80.0 Å². The van der Waals surface area contributed by atoms with Gasteiger partial charge in [-0.3, -0.25) is 4.79 Å². The standard InChI is InChI=1S/C11H15FN4O/c12-9-8(5-6-14-10(9)16-13)11(17)15-7-3-1-2-4-7/h5-7H,1-4,13H2,(H,14,16)(H,15,17). The summed E-state index contributed by atoms with van der Waals surface area (Å²) in [5, 5.41) is 2.81. The maximum Gasteiger partial charge on any atom is 0.254 e. The third kappa shape index (κ3) is 2.52. The van der Waals surface area contributed by atoms with Gasteiger partial charge in [0.2, 0.25) is 0 Å². The molecule has 1 aromatic heterocycles. The average Bonchev–Trinajstić information content (AvgIpc) is 2.82. The van der Waals surface area contributed by atoms with E-state index in [2.05, 4.69) is 15.7 Å². The van der Waals surface area contributed by atoms with Crippen LogP contribution in [0.2, 0.25) is 0 Å². The lowest BCUT2D eigenvalue weighted by Crippen LogP contribution is -2.33. The van der Waals surface area contributed by atoms with Crippen LogP contribution in [0, 0.1) is 5.82 Å². The molecule has 0 aromatic carbocycles. The summed E-state index contributed by atoms with van der Waals surface area (Å²) < 4.78 is 13.7. The van der Waals surface area contributed by atoms with E-state index in [1.54, 1.807) is 0 Å². The number of hydrogen-bond acceptors (Lipinski definition) is 4. The average molecular weight is 238 g/mol. The molecule has 1 fully saturated rings. The molecule has 0 aliphatic heterocycles. The maximum atomic E-state index is 13.7. The van der Waals surface area contributed by atoms with E-state index in [-0.39, 0.29) is 17.4 Å². The number of anilines is 1. The first-order valence-corrected chi connectivity index (χ1v) is 5.64. The van der Waals surface area contributed by atoms with E-state index < -0.39 is 11.7 Å². The molecule has 0 unspecified atom stereocenters. The quantitative estimate of drug-likeness (QED) is 0.545. The summed E-state index contributed by atoms with van der Waals surface area (Å²) in [7, 11) is 0. The number of carbonyl (C=O) groups excluding carboxylic acids is 1. The van der Waals surface area contributed by atoms with Gasteiger partial charge in [0, 0.05) is 12.2 Å². The number of nitrogens with two attached hydrogens (primary N) is 1. The highest BCUT2D eigenvalue weighted by atomic mass is 19.1. The first kappa shape index (κ1) is 11.8. The smallest absolute Gasteiger partial charge is 0.254 e. The number of nitrogens with zero attached hydrogens (tertiary/aromatic N) is 1. The Balaban J connectivity index is 2.12. The zero-order valence-corrected chi connectivity index (χ0v) is 9.37. The minimum absolute atomic E-state index is 0.0279. The number of nitrogen functional groups attached to an aromatic ring is 1. The van der Waals surface area contributed by atoms with Crippen molar-refractivity contribution in [3.8, 4) is 0 Å². The third-order valence-corrected chi connectivity index (χ3v) is 2.96. The number of nitrogens with one attached hydrogen (secondary N) is 2. The van der Waals surface area contributed by atoms with Crippen molar-refractivity contribution >= 4 is 11.7 Å². The van der Waals surface area contributed by atoms with E-state index in [9.17, 15) is 9.18 Å². The molecule has 1 saturated carbocycles. The largest absolute Gasteiger partial charge is 0.349 e. The minimum atomic E-state index is -0.717. The molecule has 0 saturated heterocycles. The van der Waals surface area contributed by atoms with Crippen LogP contribution in [0.15, 0.2) is 12.3 Å². The summed E-state index contributed by atoms with van der Waals surface area (Å²) in [6, 6.07) is 1.50. The monoisotopic (exact) mass is 238 g/mol. The molecule has 1 aliphatic carbocycles. The van der Waals surface area contributed by atoms with Gasteiger partial charge in [0.05, 0.1) is 5.56 Å². The molecule has 1 amide bonds. The van der Waals surface area contributed by atoms with Crippen LogP contribution in [0.1, 0.15) is 36.0 Å². The van der Waals surface area contributed by atoms with Crippen LogP contribution >= 0.6 is 0 Å². The van der Waals surface area contributed by atoms with Crippen molar-refractivity contribution in [2.75, 3.05) is 5.43 Å². The van der Waals surface area contributed by atoms with Crippen LogP contribution in [-0.2, 0) is 0 Å². The summed E-state index contributed by atoms with van der Waals surface area (Å²) in [4.78, 5) is 15.5. The zero-order chi connectivity index (χ0) is 12.3. The molecule has 2 rings (SSSR count). The van der Waals surface area contributed by atoms with Crippen molar-refractivity contribution in [2.45, 2.75) is 31.7 Å². The number of hydrazine groups is 1. The van der Waals surface area contributed by atoms with Crippen molar-refractivity contribution in [2.24, 2.45) is 5.84 Å². The normalized spacial score (nSPS) is 15.9. The molecule has 0 atom stereocenters. The van der Waals surface area contributed by atoms with E-state index in [0.29, 0.717) is 0 Å². The fraction of sp³-hybridized carbons (Fsp3) is 0.455. The highest BCUT2D eigenvalue weighted by Gasteiger charge is 2.21. The summed E-state index contributed by atoms with van der Waals surface area (Å²) in [6.07, 6.45) is 5.49. The van der Waals surface area contributed by atoms with Crippen LogP contribution < -0.4 is 16.6 Å². The highest BCUT2D eigenvalue weighted by Crippen LogP contribution is 2.19. The summed E-state index contributed by atoms with van der Waals surface area (Å²) in [6.45, 7) is 0. The fourth-order valence-electron chi connectivity index (χ4n) is 2.05. The number of pyridine rings is 1. The molecule has 6 heteroatoms. The molecule has 4 N–H and O–H groups in total. The number of aromatic nitrogens is 1. The van der Waals surface area contributed by atoms with Crippen LogP contribution in [-0.4, -0.2) is 16.9 Å². The van der Waals surface area contributed by atoms with Gasteiger partial charge in [0.1, 0.15) is 0 Å². The Bertz CT molecular complexity index is 418. The Morgan fingerprint density at radius 3 is 2.82 bits per heavy atom. The van der Waals surface area contributed by atoms with Gasteiger partial charge in [-0.25, -0.2) is 15.2 Å². The van der Waals surface area contributed by atoms with Crippen molar-refractivity contribution in [3.05, 3.63) is 23.6 Å². The second kappa shape index (κ2) is 5.09. The van der Waals surface area contributed by atoms with Gasteiger partial charge >= 0.3 is 0 Å². The maximum absolute atomic E-state index is 13.7. The first-order valence-electron chi connectivity index (χ1n) is 5.64. The van der Waals surface area contributed by atoms with Gasteiger partial charge in [-0.05, 0) is 18.9 Å². The van der Waals surface area contributed by atoms with E-state index in [1.165, 1.54) is 12.3 Å². The van der Waals surface area contributed by atoms with E-state index in [4.69, 9.17) is 5.84 Å². The molecule has 0 radical (unpaired) electrons. The second-order valence-corrected chi connectivity index (χ2v) is 4.12. The van der Waals surface area contributed by atoms with E-state index >= 15 is 0 Å². The van der Waals surface area contributed by atoms with Gasteiger partial charge in [-0.1, -0.05) is 12.8 Å². The SMILES string of the molecule is NNc1nccc(C(=O)NC2CCCC2)c1F. The van der Waals surface area contributed by atoms with Gasteiger partial charge in [-0.15, -0.1) is 0 Å². The molecule has 0 spiro atoms. The Morgan fingerprint density at radius 2 is 2.18 bits per heavy atom. The number of carbonyl (C=O) groups is 1. The Morgan fingerprint density at radius 1 is 1.47 bits per heavy atom. The molecule has 92 valence electrons. The Hall–Kier alpha value is -1.69. The van der Waals surface area contributed by atoms with E-state index in [1.807, 2.05) is 0 Å². The lowest BCUT2D eigenvalue weighted by molar-refractivity contribution is 0.0934. The van der Waals surface area contributed by atoms with Crippen molar-refractivity contribution in [3.63, 3.8) is 0 Å². The molecular weight excluding hydrogens is 223 g/mol. The highest BCUT2D eigenvalue weighted by molar-refractivity contribution is 5.95. The Kier molecular flexibility index (Phi) is 3.53. The second-order valence-electron chi connectivity index (χ2n) is 4.12. The van der Waals surface area contributed by atoms with Gasteiger partial charge in [0.25, 0.3) is 5.91 Å². The van der Waals surface area contributed by atoms with Crippen LogP contribution in [0.5, 0.6) is 0 Å². The van der Waals surface area contributed by atoms with Crippen molar-refractivity contribution in [1.82, 2.24) is 10.3 Å². The van der Waals surface area contributed by atoms with Gasteiger partial charge in [-0.2, -0.15) is 0 Å². The molecule has 5 nitrogen and oxygen atoms in total. The number of halogens is 1. The van der Waals surface area contributed by atoms with Gasteiger partial charge < -0.3 is 10.7 Å². The summed E-state index contributed by atoms with van der Waals surface area (Å²) in [5.41, 5.74) is 2.09. The zero-order valence-electron chi connectivity index (χ0n) is 9.37. The minimum Gasteiger partial charge on any atom is -0.349 e. The molecular formula is C11H15FN4O. The summed E-state index contributed by atoms with van der Waals surface area (Å²) >= 11 is 0.